The maximum absolute atomic E-state index is 13.3. The van der Waals surface area contributed by atoms with E-state index in [-0.39, 0.29) is 11.7 Å². The Bertz CT molecular complexity index is 1350. The van der Waals surface area contributed by atoms with Crippen molar-refractivity contribution in [2.75, 3.05) is 0 Å². The predicted molar refractivity (Wildman–Crippen MR) is 124 cm³/mol. The summed E-state index contributed by atoms with van der Waals surface area (Å²) < 4.78 is 0. The molecule has 3 heteroatoms. The molecular formula is C27H20ClNO. The van der Waals surface area contributed by atoms with Gasteiger partial charge < -0.3 is 4.98 Å². The molecule has 0 unspecified atom stereocenters. The number of halogens is 1. The normalized spacial score (nSPS) is 12.3. The molecule has 0 aliphatic heterocycles. The molecule has 0 saturated heterocycles. The molecule has 0 bridgehead atoms. The van der Waals surface area contributed by atoms with Gasteiger partial charge in [-0.15, -0.1) is 0 Å². The lowest BCUT2D eigenvalue weighted by atomic mass is 9.85. The summed E-state index contributed by atoms with van der Waals surface area (Å²) in [6.45, 7) is 0. The second-order valence-electron chi connectivity index (χ2n) is 7.58. The van der Waals surface area contributed by atoms with E-state index >= 15 is 0 Å². The molecule has 1 N–H and O–H groups in total. The topological polar surface area (TPSA) is 32.9 Å². The van der Waals surface area contributed by atoms with Crippen LogP contribution in [0, 0.1) is 0 Å². The summed E-state index contributed by atoms with van der Waals surface area (Å²) in [6.07, 6.45) is 2.42. The van der Waals surface area contributed by atoms with Crippen molar-refractivity contribution < 1.29 is 4.79 Å². The number of hydrogen-bond acceptors (Lipinski definition) is 1. The molecule has 1 atom stereocenters. The molecule has 0 saturated carbocycles. The van der Waals surface area contributed by atoms with E-state index in [1.54, 1.807) is 0 Å². The predicted octanol–water partition coefficient (Wildman–Crippen LogP) is 7.38. The van der Waals surface area contributed by atoms with Crippen molar-refractivity contribution in [1.82, 2.24) is 4.98 Å². The Morgan fingerprint density at radius 1 is 0.833 bits per heavy atom. The van der Waals surface area contributed by atoms with Gasteiger partial charge in [0.25, 0.3) is 0 Å². The van der Waals surface area contributed by atoms with Crippen LogP contribution in [0.5, 0.6) is 0 Å². The highest BCUT2D eigenvalue weighted by molar-refractivity contribution is 6.30. The Hall–Kier alpha value is -3.36. The number of hydrogen-bond donors (Lipinski definition) is 1. The van der Waals surface area contributed by atoms with E-state index in [2.05, 4.69) is 23.2 Å². The number of rotatable bonds is 5. The number of aromatic nitrogens is 1. The number of H-pyrrole nitrogens is 1. The van der Waals surface area contributed by atoms with Crippen LogP contribution in [0.3, 0.4) is 0 Å². The first-order chi connectivity index (χ1) is 14.7. The fourth-order valence-corrected chi connectivity index (χ4v) is 4.28. The summed E-state index contributed by atoms with van der Waals surface area (Å²) in [5.41, 5.74) is 4.03. The van der Waals surface area contributed by atoms with E-state index in [0.717, 1.165) is 38.4 Å². The Labute approximate surface area is 180 Å². The molecule has 0 fully saturated rings. The van der Waals surface area contributed by atoms with Crippen molar-refractivity contribution in [3.05, 3.63) is 119 Å². The number of nitrogens with one attached hydrogen (secondary N) is 1. The summed E-state index contributed by atoms with van der Waals surface area (Å²) in [5, 5.41) is 4.06. The average Bonchev–Trinajstić information content (AvgIpc) is 3.21. The molecule has 1 aromatic heterocycles. The molecular weight excluding hydrogens is 390 g/mol. The van der Waals surface area contributed by atoms with Crippen LogP contribution in [0.4, 0.5) is 0 Å². The average molecular weight is 410 g/mol. The third-order valence-electron chi connectivity index (χ3n) is 5.73. The molecule has 30 heavy (non-hydrogen) atoms. The van der Waals surface area contributed by atoms with Gasteiger partial charge in [0.1, 0.15) is 0 Å². The van der Waals surface area contributed by atoms with E-state index in [1.807, 2.05) is 79.0 Å². The fourth-order valence-electron chi connectivity index (χ4n) is 4.15. The van der Waals surface area contributed by atoms with Gasteiger partial charge >= 0.3 is 0 Å². The lowest BCUT2D eigenvalue weighted by Gasteiger charge is -2.17. The van der Waals surface area contributed by atoms with Gasteiger partial charge in [0.15, 0.2) is 5.78 Å². The zero-order chi connectivity index (χ0) is 20.5. The van der Waals surface area contributed by atoms with Crippen molar-refractivity contribution in [3.8, 4) is 0 Å². The summed E-state index contributed by atoms with van der Waals surface area (Å²) in [4.78, 5) is 16.7. The van der Waals surface area contributed by atoms with Gasteiger partial charge in [0, 0.05) is 40.0 Å². The Balaban J connectivity index is 1.55. The number of Topliss-reactive ketones (excluding diaryl/α,β-unsaturated/α-hetero) is 1. The zero-order valence-electron chi connectivity index (χ0n) is 16.3. The van der Waals surface area contributed by atoms with Gasteiger partial charge in [0.2, 0.25) is 0 Å². The molecule has 0 spiro atoms. The monoisotopic (exact) mass is 409 g/mol. The van der Waals surface area contributed by atoms with Crippen molar-refractivity contribution in [2.45, 2.75) is 12.3 Å². The number of carbonyl (C=O) groups excluding carboxylic acids is 1. The van der Waals surface area contributed by atoms with E-state index in [0.29, 0.717) is 11.4 Å². The van der Waals surface area contributed by atoms with Gasteiger partial charge in [0.05, 0.1) is 0 Å². The van der Waals surface area contributed by atoms with Crippen LogP contribution in [-0.4, -0.2) is 10.8 Å². The molecule has 5 aromatic rings. The number of para-hydroxylation sites is 1. The minimum atomic E-state index is -0.0580. The minimum Gasteiger partial charge on any atom is -0.361 e. The minimum absolute atomic E-state index is 0.0580. The Morgan fingerprint density at radius 2 is 1.57 bits per heavy atom. The molecule has 2 nitrogen and oxygen atoms in total. The summed E-state index contributed by atoms with van der Waals surface area (Å²) in [7, 11) is 0. The standard InChI is InChI=1S/C27H20ClNO/c28-22-13-11-19(12-14-22)24(25-17-29-26-8-4-3-7-23(25)26)16-27(30)21-10-9-18-5-1-2-6-20(18)15-21/h1-15,17,24,29H,16H2/t24-/m0/s1. The van der Waals surface area contributed by atoms with Gasteiger partial charge in [-0.05, 0) is 46.2 Å². The molecule has 0 aliphatic rings. The van der Waals surface area contributed by atoms with Crippen LogP contribution < -0.4 is 0 Å². The van der Waals surface area contributed by atoms with Crippen molar-refractivity contribution in [2.24, 2.45) is 0 Å². The quantitative estimate of drug-likeness (QED) is 0.302. The molecule has 0 radical (unpaired) electrons. The van der Waals surface area contributed by atoms with Crippen molar-refractivity contribution >= 4 is 39.1 Å². The maximum Gasteiger partial charge on any atom is 0.163 e. The van der Waals surface area contributed by atoms with Crippen LogP contribution in [0.15, 0.2) is 97.2 Å². The number of benzene rings is 4. The van der Waals surface area contributed by atoms with Crippen LogP contribution in [0.2, 0.25) is 5.02 Å². The molecule has 146 valence electrons. The van der Waals surface area contributed by atoms with Gasteiger partial charge in [-0.25, -0.2) is 0 Å². The fraction of sp³-hybridized carbons (Fsp3) is 0.0741. The largest absolute Gasteiger partial charge is 0.361 e. The molecule has 0 aliphatic carbocycles. The molecule has 0 amide bonds. The molecule has 4 aromatic carbocycles. The smallest absolute Gasteiger partial charge is 0.163 e. The van der Waals surface area contributed by atoms with Crippen molar-refractivity contribution in [3.63, 3.8) is 0 Å². The van der Waals surface area contributed by atoms with Gasteiger partial charge in [-0.3, -0.25) is 4.79 Å². The Morgan fingerprint density at radius 3 is 2.40 bits per heavy atom. The number of ketones is 1. The van der Waals surface area contributed by atoms with Crippen LogP contribution in [0.1, 0.15) is 33.8 Å². The van der Waals surface area contributed by atoms with E-state index < -0.39 is 0 Å². The van der Waals surface area contributed by atoms with Crippen LogP contribution in [-0.2, 0) is 0 Å². The SMILES string of the molecule is O=C(C[C@@H](c1ccc(Cl)cc1)c1c[nH]c2ccccc12)c1ccc2ccccc2c1. The maximum atomic E-state index is 13.3. The summed E-state index contributed by atoms with van der Waals surface area (Å²) in [6, 6.07) is 30.1. The second-order valence-corrected chi connectivity index (χ2v) is 8.02. The van der Waals surface area contributed by atoms with E-state index in [1.165, 1.54) is 0 Å². The zero-order valence-corrected chi connectivity index (χ0v) is 17.1. The third kappa shape index (κ3) is 3.51. The highest BCUT2D eigenvalue weighted by Gasteiger charge is 2.22. The highest BCUT2D eigenvalue weighted by atomic mass is 35.5. The first kappa shape index (κ1) is 18.7. The highest BCUT2D eigenvalue weighted by Crippen LogP contribution is 2.35. The number of aromatic amines is 1. The van der Waals surface area contributed by atoms with Crippen LogP contribution >= 0.6 is 11.6 Å². The van der Waals surface area contributed by atoms with Crippen LogP contribution in [0.25, 0.3) is 21.7 Å². The van der Waals surface area contributed by atoms with Gasteiger partial charge in [-0.2, -0.15) is 0 Å². The molecule has 5 rings (SSSR count). The molecule has 1 heterocycles. The number of fused-ring (bicyclic) bond motifs is 2. The lowest BCUT2D eigenvalue weighted by molar-refractivity contribution is 0.0978. The Kier molecular flexibility index (Phi) is 4.86. The van der Waals surface area contributed by atoms with E-state index in [4.69, 9.17) is 11.6 Å². The van der Waals surface area contributed by atoms with Crippen molar-refractivity contribution in [1.29, 1.82) is 0 Å². The van der Waals surface area contributed by atoms with E-state index in [9.17, 15) is 4.79 Å². The second kappa shape index (κ2) is 7.81. The number of carbonyl (C=O) groups is 1. The summed E-state index contributed by atoms with van der Waals surface area (Å²) >= 11 is 6.12. The third-order valence-corrected chi connectivity index (χ3v) is 5.98. The first-order valence-corrected chi connectivity index (χ1v) is 10.4. The lowest BCUT2D eigenvalue weighted by Crippen LogP contribution is -2.09. The van der Waals surface area contributed by atoms with Gasteiger partial charge in [-0.1, -0.05) is 78.3 Å². The summed E-state index contributed by atoms with van der Waals surface area (Å²) in [5.74, 6) is 0.0726. The first-order valence-electron chi connectivity index (χ1n) is 10.0.